The molecule has 0 aromatic heterocycles. The van der Waals surface area contributed by atoms with Crippen LogP contribution in [-0.4, -0.2) is 26.2 Å². The van der Waals surface area contributed by atoms with Crippen molar-refractivity contribution in [2.45, 2.75) is 25.9 Å². The molecule has 0 atom stereocenters. The van der Waals surface area contributed by atoms with Gasteiger partial charge in [0.15, 0.2) is 0 Å². The van der Waals surface area contributed by atoms with Crippen LogP contribution in [0.4, 0.5) is 0 Å². The molecule has 3 nitrogen and oxygen atoms in total. The molecule has 0 bridgehead atoms. The minimum absolute atomic E-state index is 0.963. The first-order chi connectivity index (χ1) is 11.4. The molecular weight excluding hydrogens is 282 g/mol. The first-order valence-electron chi connectivity index (χ1n) is 8.65. The van der Waals surface area contributed by atoms with E-state index in [0.717, 1.165) is 39.3 Å². The van der Waals surface area contributed by atoms with Gasteiger partial charge in [-0.15, -0.1) is 0 Å². The lowest BCUT2D eigenvalue weighted by molar-refractivity contribution is 0.565. The zero-order valence-corrected chi connectivity index (χ0v) is 13.9. The summed E-state index contributed by atoms with van der Waals surface area (Å²) in [6, 6.07) is 21.1. The average Bonchev–Trinajstić information content (AvgIpc) is 2.61. The SMILES string of the molecule is c1ccc(CNCCCNCCCNCc2ccccc2)cc1. The Kier molecular flexibility index (Phi) is 9.09. The first kappa shape index (κ1) is 17.7. The molecule has 23 heavy (non-hydrogen) atoms. The maximum absolute atomic E-state index is 3.50. The molecule has 0 spiro atoms. The van der Waals surface area contributed by atoms with Crippen molar-refractivity contribution in [1.29, 1.82) is 0 Å². The first-order valence-corrected chi connectivity index (χ1v) is 8.65. The molecule has 3 N–H and O–H groups in total. The van der Waals surface area contributed by atoms with Gasteiger partial charge < -0.3 is 16.0 Å². The van der Waals surface area contributed by atoms with Crippen molar-refractivity contribution in [3.63, 3.8) is 0 Å². The third-order valence-electron chi connectivity index (χ3n) is 3.76. The second-order valence-corrected chi connectivity index (χ2v) is 5.78. The Morgan fingerprint density at radius 1 is 0.478 bits per heavy atom. The lowest BCUT2D eigenvalue weighted by atomic mass is 10.2. The van der Waals surface area contributed by atoms with Crippen LogP contribution in [0.25, 0.3) is 0 Å². The summed E-state index contributed by atoms with van der Waals surface area (Å²) in [6.07, 6.45) is 2.34. The van der Waals surface area contributed by atoms with Gasteiger partial charge >= 0.3 is 0 Å². The Morgan fingerprint density at radius 3 is 1.30 bits per heavy atom. The van der Waals surface area contributed by atoms with Gasteiger partial charge in [-0.25, -0.2) is 0 Å². The summed E-state index contributed by atoms with van der Waals surface area (Å²) in [5.74, 6) is 0. The minimum Gasteiger partial charge on any atom is -0.317 e. The molecule has 2 aromatic carbocycles. The zero-order chi connectivity index (χ0) is 16.0. The van der Waals surface area contributed by atoms with E-state index in [1.54, 1.807) is 0 Å². The zero-order valence-electron chi connectivity index (χ0n) is 13.9. The van der Waals surface area contributed by atoms with E-state index < -0.39 is 0 Å². The summed E-state index contributed by atoms with van der Waals surface area (Å²) in [5.41, 5.74) is 2.70. The van der Waals surface area contributed by atoms with Crippen LogP contribution >= 0.6 is 0 Å². The second kappa shape index (κ2) is 11.8. The molecule has 2 aromatic rings. The maximum atomic E-state index is 3.50. The highest BCUT2D eigenvalue weighted by Gasteiger charge is 1.93. The normalized spacial score (nSPS) is 10.8. The Balaban J connectivity index is 1.34. The van der Waals surface area contributed by atoms with Gasteiger partial charge in [-0.1, -0.05) is 60.7 Å². The molecule has 2 rings (SSSR count). The van der Waals surface area contributed by atoms with Crippen molar-refractivity contribution in [2.24, 2.45) is 0 Å². The number of nitrogens with one attached hydrogen (secondary N) is 3. The molecule has 0 fully saturated rings. The summed E-state index contributed by atoms with van der Waals surface area (Å²) >= 11 is 0. The van der Waals surface area contributed by atoms with E-state index in [2.05, 4.69) is 76.6 Å². The monoisotopic (exact) mass is 311 g/mol. The summed E-state index contributed by atoms with van der Waals surface area (Å²) < 4.78 is 0. The van der Waals surface area contributed by atoms with Crippen LogP contribution < -0.4 is 16.0 Å². The molecule has 0 saturated carbocycles. The lowest BCUT2D eigenvalue weighted by Crippen LogP contribution is -2.25. The van der Waals surface area contributed by atoms with Gasteiger partial charge in [0.1, 0.15) is 0 Å². The van der Waals surface area contributed by atoms with Crippen molar-refractivity contribution in [3.8, 4) is 0 Å². The van der Waals surface area contributed by atoms with Gasteiger partial charge in [-0.3, -0.25) is 0 Å². The lowest BCUT2D eigenvalue weighted by Gasteiger charge is -2.07. The Bertz CT molecular complexity index is 451. The smallest absolute Gasteiger partial charge is 0.0205 e. The third kappa shape index (κ3) is 8.50. The van der Waals surface area contributed by atoms with E-state index in [0.29, 0.717) is 0 Å². The molecular formula is C20H29N3. The Hall–Kier alpha value is -1.68. The number of rotatable bonds is 12. The second-order valence-electron chi connectivity index (χ2n) is 5.78. The van der Waals surface area contributed by atoms with Gasteiger partial charge in [-0.05, 0) is 50.1 Å². The maximum Gasteiger partial charge on any atom is 0.0205 e. The van der Waals surface area contributed by atoms with Crippen molar-refractivity contribution < 1.29 is 0 Å². The summed E-state index contributed by atoms with van der Waals surface area (Å²) in [6.45, 7) is 6.22. The van der Waals surface area contributed by atoms with Crippen LogP contribution in [-0.2, 0) is 13.1 Å². The van der Waals surface area contributed by atoms with Gasteiger partial charge in [-0.2, -0.15) is 0 Å². The highest BCUT2D eigenvalue weighted by molar-refractivity contribution is 5.14. The number of benzene rings is 2. The van der Waals surface area contributed by atoms with E-state index >= 15 is 0 Å². The van der Waals surface area contributed by atoms with Gasteiger partial charge in [0.05, 0.1) is 0 Å². The summed E-state index contributed by atoms with van der Waals surface area (Å²) in [4.78, 5) is 0. The summed E-state index contributed by atoms with van der Waals surface area (Å²) in [5, 5.41) is 10.5. The highest BCUT2D eigenvalue weighted by atomic mass is 14.9. The Morgan fingerprint density at radius 2 is 0.870 bits per heavy atom. The van der Waals surface area contributed by atoms with Crippen molar-refractivity contribution in [2.75, 3.05) is 26.2 Å². The topological polar surface area (TPSA) is 36.1 Å². The molecule has 0 heterocycles. The van der Waals surface area contributed by atoms with E-state index in [-0.39, 0.29) is 0 Å². The van der Waals surface area contributed by atoms with Crippen LogP contribution in [0.15, 0.2) is 60.7 Å². The van der Waals surface area contributed by atoms with E-state index in [9.17, 15) is 0 Å². The predicted octanol–water partition coefficient (Wildman–Crippen LogP) is 2.94. The molecule has 0 aliphatic rings. The molecule has 0 saturated heterocycles. The molecule has 124 valence electrons. The highest BCUT2D eigenvalue weighted by Crippen LogP contribution is 1.97. The Labute approximate surface area is 140 Å². The number of hydrogen-bond donors (Lipinski definition) is 3. The molecule has 0 aliphatic carbocycles. The van der Waals surface area contributed by atoms with Gasteiger partial charge in [0, 0.05) is 13.1 Å². The minimum atomic E-state index is 0.963. The van der Waals surface area contributed by atoms with Gasteiger partial charge in [0.25, 0.3) is 0 Å². The van der Waals surface area contributed by atoms with Crippen molar-refractivity contribution in [3.05, 3.63) is 71.8 Å². The van der Waals surface area contributed by atoms with E-state index in [1.165, 1.54) is 24.0 Å². The molecule has 3 heteroatoms. The molecule has 0 radical (unpaired) electrons. The van der Waals surface area contributed by atoms with Crippen LogP contribution in [0, 0.1) is 0 Å². The van der Waals surface area contributed by atoms with Gasteiger partial charge in [0.2, 0.25) is 0 Å². The molecule has 0 amide bonds. The quantitative estimate of drug-likeness (QED) is 0.528. The largest absolute Gasteiger partial charge is 0.317 e. The average molecular weight is 311 g/mol. The van der Waals surface area contributed by atoms with Crippen molar-refractivity contribution >= 4 is 0 Å². The van der Waals surface area contributed by atoms with Crippen LogP contribution in [0.2, 0.25) is 0 Å². The third-order valence-corrected chi connectivity index (χ3v) is 3.76. The van der Waals surface area contributed by atoms with E-state index in [1.807, 2.05) is 0 Å². The molecule has 0 unspecified atom stereocenters. The van der Waals surface area contributed by atoms with Crippen LogP contribution in [0.1, 0.15) is 24.0 Å². The van der Waals surface area contributed by atoms with Crippen LogP contribution in [0.5, 0.6) is 0 Å². The standard InChI is InChI=1S/C20H29N3/c1-3-9-19(10-4-1)17-22-15-7-13-21-14-8-16-23-18-20-11-5-2-6-12-20/h1-6,9-12,21-23H,7-8,13-18H2. The van der Waals surface area contributed by atoms with Crippen LogP contribution in [0.3, 0.4) is 0 Å². The van der Waals surface area contributed by atoms with Crippen molar-refractivity contribution in [1.82, 2.24) is 16.0 Å². The predicted molar refractivity (Wildman–Crippen MR) is 98.4 cm³/mol. The number of hydrogen-bond acceptors (Lipinski definition) is 3. The van der Waals surface area contributed by atoms with E-state index in [4.69, 9.17) is 0 Å². The fourth-order valence-corrected chi connectivity index (χ4v) is 2.46. The fourth-order valence-electron chi connectivity index (χ4n) is 2.46. The molecule has 0 aliphatic heterocycles. The fraction of sp³-hybridized carbons (Fsp3) is 0.400. The summed E-state index contributed by atoms with van der Waals surface area (Å²) in [7, 11) is 0.